The Morgan fingerprint density at radius 3 is 2.55 bits per heavy atom. The van der Waals surface area contributed by atoms with Crippen LogP contribution in [0.25, 0.3) is 0 Å². The van der Waals surface area contributed by atoms with Crippen molar-refractivity contribution in [3.63, 3.8) is 0 Å². The third kappa shape index (κ3) is 9.69. The molecule has 64 valence electrons. The van der Waals surface area contributed by atoms with Crippen LogP contribution in [0.3, 0.4) is 0 Å². The number of carbonyl (C=O) groups is 1. The predicted octanol–water partition coefficient (Wildman–Crippen LogP) is 2.13. The summed E-state index contributed by atoms with van der Waals surface area (Å²) in [4.78, 5) is 10.5. The van der Waals surface area contributed by atoms with Gasteiger partial charge in [-0.15, -0.1) is 0 Å². The van der Waals surface area contributed by atoms with Gasteiger partial charge in [0.15, 0.2) is 0 Å². The first kappa shape index (κ1) is 10.7. The number of rotatable bonds is 6. The van der Waals surface area contributed by atoms with Gasteiger partial charge in [0.05, 0.1) is 5.75 Å². The molecule has 0 aliphatic carbocycles. The van der Waals surface area contributed by atoms with Crippen molar-refractivity contribution in [2.24, 2.45) is 0 Å². The lowest BCUT2D eigenvalue weighted by atomic mass is 10.2. The van der Waals surface area contributed by atoms with Gasteiger partial charge in [0.1, 0.15) is 5.78 Å². The molecule has 0 heterocycles. The molecule has 0 bridgehead atoms. The van der Waals surface area contributed by atoms with E-state index < -0.39 is 0 Å². The van der Waals surface area contributed by atoms with Crippen molar-refractivity contribution in [3.05, 3.63) is 0 Å². The lowest BCUT2D eigenvalue weighted by Gasteiger charge is -1.97. The van der Waals surface area contributed by atoms with E-state index in [1.54, 1.807) is 18.7 Å². The summed E-state index contributed by atoms with van der Waals surface area (Å²) in [7, 11) is 0. The molecule has 0 rings (SSSR count). The second kappa shape index (κ2) is 6.40. The zero-order chi connectivity index (χ0) is 8.69. The first-order chi connectivity index (χ1) is 5.13. The fourth-order valence-corrected chi connectivity index (χ4v) is 1.44. The van der Waals surface area contributed by atoms with Crippen LogP contribution in [0, 0.1) is 5.41 Å². The van der Waals surface area contributed by atoms with E-state index in [9.17, 15) is 4.79 Å². The Bertz CT molecular complexity index is 129. The molecule has 0 spiro atoms. The van der Waals surface area contributed by atoms with Crippen LogP contribution in [-0.4, -0.2) is 23.0 Å². The summed E-state index contributed by atoms with van der Waals surface area (Å²) in [6.07, 6.45) is 1.89. The van der Waals surface area contributed by atoms with Gasteiger partial charge in [0.25, 0.3) is 0 Å². The van der Waals surface area contributed by atoms with E-state index in [4.69, 9.17) is 5.41 Å². The second-order valence-corrected chi connectivity index (χ2v) is 3.74. The number of carbonyl (C=O) groups excluding carboxylic acids is 1. The Morgan fingerprint density at radius 2 is 2.09 bits per heavy atom. The lowest BCUT2D eigenvalue weighted by Crippen LogP contribution is -1.96. The van der Waals surface area contributed by atoms with Gasteiger partial charge in [-0.25, -0.2) is 0 Å². The van der Waals surface area contributed by atoms with Gasteiger partial charge >= 0.3 is 0 Å². The van der Waals surface area contributed by atoms with Gasteiger partial charge in [0.2, 0.25) is 0 Å². The van der Waals surface area contributed by atoms with Gasteiger partial charge in [-0.2, -0.15) is 11.8 Å². The van der Waals surface area contributed by atoms with Crippen molar-refractivity contribution in [2.75, 3.05) is 11.5 Å². The molecule has 0 fully saturated rings. The maximum Gasteiger partial charge on any atom is 0.139 e. The van der Waals surface area contributed by atoms with Crippen LogP contribution in [0.4, 0.5) is 0 Å². The Morgan fingerprint density at radius 1 is 1.45 bits per heavy atom. The molecule has 0 saturated carbocycles. The molecule has 0 saturated heterocycles. The zero-order valence-electron chi connectivity index (χ0n) is 7.14. The number of nitrogens with one attached hydrogen (secondary N) is 1. The molecule has 0 atom stereocenters. The van der Waals surface area contributed by atoms with Crippen molar-refractivity contribution in [3.8, 4) is 0 Å². The van der Waals surface area contributed by atoms with E-state index >= 15 is 0 Å². The summed E-state index contributed by atoms with van der Waals surface area (Å²) < 4.78 is 0. The highest BCUT2D eigenvalue weighted by atomic mass is 32.2. The van der Waals surface area contributed by atoms with Crippen molar-refractivity contribution in [1.82, 2.24) is 0 Å². The first-order valence-corrected chi connectivity index (χ1v) is 4.89. The summed E-state index contributed by atoms with van der Waals surface area (Å²) in [6.45, 7) is 3.42. The topological polar surface area (TPSA) is 40.9 Å². The largest absolute Gasteiger partial charge is 0.310 e. The number of hydrogen-bond acceptors (Lipinski definition) is 3. The molecule has 0 radical (unpaired) electrons. The molecule has 3 heteroatoms. The molecule has 1 N–H and O–H groups in total. The summed E-state index contributed by atoms with van der Waals surface area (Å²) in [5.74, 6) is 1.86. The maximum atomic E-state index is 10.5. The van der Waals surface area contributed by atoms with Crippen LogP contribution in [0.5, 0.6) is 0 Å². The molecular formula is C8H15NOS. The fraction of sp³-hybridized carbons (Fsp3) is 0.750. The van der Waals surface area contributed by atoms with E-state index in [0.29, 0.717) is 5.75 Å². The lowest BCUT2D eigenvalue weighted by molar-refractivity contribution is -0.114. The standard InChI is InChI=1S/C8H15NOS/c1-7(9)4-3-5-11-6-8(2)10/h9H,3-6H2,1-2H3. The monoisotopic (exact) mass is 173 g/mol. The van der Waals surface area contributed by atoms with Crippen molar-refractivity contribution in [2.45, 2.75) is 26.7 Å². The molecule has 0 aromatic heterocycles. The normalized spacial score (nSPS) is 9.64. The fourth-order valence-electron chi connectivity index (χ4n) is 0.655. The Labute approximate surface area is 72.3 Å². The Kier molecular flexibility index (Phi) is 6.22. The molecule has 0 aliphatic rings. The van der Waals surface area contributed by atoms with Gasteiger partial charge in [-0.1, -0.05) is 0 Å². The number of hydrogen-bond donors (Lipinski definition) is 1. The van der Waals surface area contributed by atoms with Crippen LogP contribution in [0.15, 0.2) is 0 Å². The Balaban J connectivity index is 3.03. The number of ketones is 1. The van der Waals surface area contributed by atoms with Gasteiger partial charge in [0, 0.05) is 5.71 Å². The third-order valence-electron chi connectivity index (χ3n) is 1.15. The van der Waals surface area contributed by atoms with E-state index in [2.05, 4.69) is 0 Å². The molecule has 0 unspecified atom stereocenters. The molecule has 0 aromatic rings. The first-order valence-electron chi connectivity index (χ1n) is 3.74. The predicted molar refractivity (Wildman–Crippen MR) is 50.6 cm³/mol. The maximum absolute atomic E-state index is 10.5. The van der Waals surface area contributed by atoms with Crippen molar-refractivity contribution < 1.29 is 4.79 Å². The minimum Gasteiger partial charge on any atom is -0.310 e. The smallest absolute Gasteiger partial charge is 0.139 e. The molecule has 2 nitrogen and oxygen atoms in total. The Hall–Kier alpha value is -0.310. The van der Waals surface area contributed by atoms with Crippen LogP contribution in [-0.2, 0) is 4.79 Å². The van der Waals surface area contributed by atoms with Crippen LogP contribution >= 0.6 is 11.8 Å². The third-order valence-corrected chi connectivity index (χ3v) is 2.33. The SMILES string of the molecule is CC(=N)CCCSCC(C)=O. The minimum absolute atomic E-state index is 0.238. The summed E-state index contributed by atoms with van der Waals surface area (Å²) in [6, 6.07) is 0. The van der Waals surface area contributed by atoms with Gasteiger partial charge in [-0.3, -0.25) is 4.79 Å². The molecule has 0 amide bonds. The summed E-state index contributed by atoms with van der Waals surface area (Å²) in [5, 5.41) is 7.14. The van der Waals surface area contributed by atoms with E-state index in [0.717, 1.165) is 24.3 Å². The molecule has 11 heavy (non-hydrogen) atoms. The van der Waals surface area contributed by atoms with Crippen LogP contribution in [0.1, 0.15) is 26.7 Å². The highest BCUT2D eigenvalue weighted by molar-refractivity contribution is 7.99. The molecule has 0 aliphatic heterocycles. The van der Waals surface area contributed by atoms with Crippen LogP contribution in [0.2, 0.25) is 0 Å². The number of thioether (sulfide) groups is 1. The zero-order valence-corrected chi connectivity index (χ0v) is 7.96. The van der Waals surface area contributed by atoms with Crippen molar-refractivity contribution >= 4 is 23.3 Å². The van der Waals surface area contributed by atoms with Gasteiger partial charge < -0.3 is 5.41 Å². The number of Topliss-reactive ketones (excluding diaryl/α,β-unsaturated/α-hetero) is 1. The van der Waals surface area contributed by atoms with Crippen molar-refractivity contribution in [1.29, 1.82) is 5.41 Å². The highest BCUT2D eigenvalue weighted by Gasteiger charge is 1.94. The summed E-state index contributed by atoms with van der Waals surface area (Å²) in [5.41, 5.74) is 0.730. The highest BCUT2D eigenvalue weighted by Crippen LogP contribution is 2.04. The average Bonchev–Trinajstić information content (AvgIpc) is 1.85. The quantitative estimate of drug-likeness (QED) is 0.494. The second-order valence-electron chi connectivity index (χ2n) is 2.64. The van der Waals surface area contributed by atoms with Gasteiger partial charge in [-0.05, 0) is 32.4 Å². The summed E-state index contributed by atoms with van der Waals surface area (Å²) >= 11 is 1.66. The average molecular weight is 173 g/mol. The van der Waals surface area contributed by atoms with Crippen LogP contribution < -0.4 is 0 Å². The van der Waals surface area contributed by atoms with E-state index in [-0.39, 0.29) is 5.78 Å². The van der Waals surface area contributed by atoms with E-state index in [1.807, 2.05) is 6.92 Å². The molecular weight excluding hydrogens is 158 g/mol. The van der Waals surface area contributed by atoms with E-state index in [1.165, 1.54) is 0 Å². The molecule has 0 aromatic carbocycles. The minimum atomic E-state index is 0.238.